The van der Waals surface area contributed by atoms with Crippen molar-refractivity contribution in [1.82, 2.24) is 0 Å². The Morgan fingerprint density at radius 2 is 1.88 bits per heavy atom. The van der Waals surface area contributed by atoms with Crippen LogP contribution in [0.1, 0.15) is 39.2 Å². The Hall–Kier alpha value is -1.37. The average Bonchev–Trinajstić information content (AvgIpc) is 2.79. The summed E-state index contributed by atoms with van der Waals surface area (Å²) >= 11 is 3.40. The third-order valence-corrected chi connectivity index (χ3v) is 7.77. The molecule has 0 saturated heterocycles. The summed E-state index contributed by atoms with van der Waals surface area (Å²) in [6.07, 6.45) is -3.37. The summed E-state index contributed by atoms with van der Waals surface area (Å²) in [5, 5.41) is 2.62. The Kier molecular flexibility index (Phi) is 3.92. The number of Topliss-reactive ketones (excluding diaryl/α,β-unsaturated/α-hetero) is 1. The van der Waals surface area contributed by atoms with Gasteiger partial charge in [-0.2, -0.15) is 13.2 Å². The molecule has 1 N–H and O–H groups in total. The molecule has 3 atom stereocenters. The van der Waals surface area contributed by atoms with E-state index in [0.717, 1.165) is 12.1 Å². The third kappa shape index (κ3) is 2.24. The zero-order valence-corrected chi connectivity index (χ0v) is 15.7. The molecule has 1 aromatic rings. The fourth-order valence-electron chi connectivity index (χ4n) is 4.47. The zero-order chi connectivity index (χ0) is 18.8. The van der Waals surface area contributed by atoms with Crippen molar-refractivity contribution in [3.63, 3.8) is 0 Å². The first-order valence-corrected chi connectivity index (χ1v) is 8.96. The first-order valence-electron chi connectivity index (χ1n) is 8.05. The number of carbonyl (C=O) groups is 2. The summed E-state index contributed by atoms with van der Waals surface area (Å²) in [6, 6.07) is 4.54. The molecular weight excluding hydrogens is 399 g/mol. The number of hydrogen-bond donors (Lipinski definition) is 1. The summed E-state index contributed by atoms with van der Waals surface area (Å²) in [6.45, 7) is 5.66. The maximum Gasteiger partial charge on any atom is 0.416 e. The number of nitrogens with one attached hydrogen (secondary N) is 1. The molecule has 2 aliphatic rings. The van der Waals surface area contributed by atoms with Crippen LogP contribution >= 0.6 is 15.9 Å². The van der Waals surface area contributed by atoms with Crippen LogP contribution in [0, 0.1) is 16.2 Å². The summed E-state index contributed by atoms with van der Waals surface area (Å²) in [5.41, 5.74) is -2.94. The van der Waals surface area contributed by atoms with E-state index in [0.29, 0.717) is 12.8 Å². The number of ketones is 1. The van der Waals surface area contributed by atoms with Crippen LogP contribution in [0.2, 0.25) is 0 Å². The first-order chi connectivity index (χ1) is 11.4. The maximum atomic E-state index is 13.1. The quantitative estimate of drug-likeness (QED) is 0.702. The largest absolute Gasteiger partial charge is 0.416 e. The fourth-order valence-corrected chi connectivity index (χ4v) is 5.99. The van der Waals surface area contributed by atoms with E-state index in [1.807, 2.05) is 20.8 Å². The molecule has 2 aliphatic carbocycles. The van der Waals surface area contributed by atoms with Crippen LogP contribution in [0.15, 0.2) is 24.3 Å². The van der Waals surface area contributed by atoms with Gasteiger partial charge in [0.25, 0.3) is 0 Å². The zero-order valence-electron chi connectivity index (χ0n) is 14.1. The second-order valence-electron chi connectivity index (χ2n) is 7.69. The normalized spacial score (nSPS) is 33.6. The molecule has 1 aromatic carbocycles. The van der Waals surface area contributed by atoms with Gasteiger partial charge in [-0.05, 0) is 36.5 Å². The van der Waals surface area contributed by atoms with Gasteiger partial charge in [-0.25, -0.2) is 0 Å². The van der Waals surface area contributed by atoms with Crippen LogP contribution in [-0.2, 0) is 15.8 Å². The highest BCUT2D eigenvalue weighted by Crippen LogP contribution is 2.72. The van der Waals surface area contributed by atoms with E-state index >= 15 is 0 Å². The van der Waals surface area contributed by atoms with Crippen molar-refractivity contribution < 1.29 is 22.8 Å². The summed E-state index contributed by atoms with van der Waals surface area (Å²) < 4.78 is 38.6. The lowest BCUT2D eigenvalue weighted by Gasteiger charge is -2.39. The van der Waals surface area contributed by atoms with Gasteiger partial charge >= 0.3 is 6.18 Å². The van der Waals surface area contributed by atoms with Crippen LogP contribution in [-0.4, -0.2) is 16.5 Å². The Morgan fingerprint density at radius 3 is 2.40 bits per heavy atom. The van der Waals surface area contributed by atoms with Crippen LogP contribution in [0.5, 0.6) is 0 Å². The Balaban J connectivity index is 1.96. The topological polar surface area (TPSA) is 46.2 Å². The molecule has 2 saturated carbocycles. The number of fused-ring (bicyclic) bond motifs is 2. The molecule has 0 heterocycles. The van der Waals surface area contributed by atoms with E-state index < -0.39 is 38.7 Å². The molecule has 0 aromatic heterocycles. The summed E-state index contributed by atoms with van der Waals surface area (Å²) in [7, 11) is 0. The van der Waals surface area contributed by atoms with E-state index in [4.69, 9.17) is 0 Å². The van der Waals surface area contributed by atoms with Gasteiger partial charge in [-0.3, -0.25) is 9.59 Å². The van der Waals surface area contributed by atoms with E-state index in [1.165, 1.54) is 12.1 Å². The SMILES string of the molecule is CC1(C)[C@]2(C)CC[C@@]1(C(=O)Nc1cccc(C(F)(F)F)c1)[C@@H](Br)C2=O. The minimum atomic E-state index is -4.48. The minimum absolute atomic E-state index is 0.0112. The van der Waals surface area contributed by atoms with Crippen molar-refractivity contribution in [1.29, 1.82) is 0 Å². The molecule has 0 spiro atoms. The molecule has 3 rings (SSSR count). The van der Waals surface area contributed by atoms with Gasteiger partial charge in [-0.1, -0.05) is 42.8 Å². The molecule has 0 radical (unpaired) electrons. The smallest absolute Gasteiger partial charge is 0.326 e. The predicted octanol–water partition coefficient (Wildman–Crippen LogP) is 4.80. The monoisotopic (exact) mass is 417 g/mol. The van der Waals surface area contributed by atoms with Gasteiger partial charge in [0, 0.05) is 11.1 Å². The van der Waals surface area contributed by atoms with Gasteiger partial charge in [0.2, 0.25) is 5.91 Å². The minimum Gasteiger partial charge on any atom is -0.326 e. The van der Waals surface area contributed by atoms with Gasteiger partial charge in [0.05, 0.1) is 15.8 Å². The highest BCUT2D eigenvalue weighted by Gasteiger charge is 2.76. The van der Waals surface area contributed by atoms with Crippen molar-refractivity contribution in [3.05, 3.63) is 29.8 Å². The van der Waals surface area contributed by atoms with E-state index in [2.05, 4.69) is 21.2 Å². The van der Waals surface area contributed by atoms with Crippen LogP contribution in [0.25, 0.3) is 0 Å². The molecule has 3 nitrogen and oxygen atoms in total. The average molecular weight is 418 g/mol. The number of hydrogen-bond acceptors (Lipinski definition) is 2. The first kappa shape index (κ1) is 18.4. The number of anilines is 1. The van der Waals surface area contributed by atoms with Gasteiger partial charge in [0.1, 0.15) is 0 Å². The molecular formula is C18H19BrF3NO2. The second kappa shape index (κ2) is 5.32. The lowest BCUT2D eigenvalue weighted by molar-refractivity contribution is -0.137. The summed E-state index contributed by atoms with van der Waals surface area (Å²) in [5.74, 6) is -0.420. The molecule has 0 aliphatic heterocycles. The van der Waals surface area contributed by atoms with Crippen molar-refractivity contribution in [2.75, 3.05) is 5.32 Å². The lowest BCUT2D eigenvalue weighted by atomic mass is 9.64. The third-order valence-electron chi connectivity index (χ3n) is 6.57. The Labute approximate surface area is 152 Å². The van der Waals surface area contributed by atoms with E-state index in [9.17, 15) is 22.8 Å². The molecule has 2 fully saturated rings. The van der Waals surface area contributed by atoms with Crippen molar-refractivity contribution >= 4 is 33.3 Å². The Morgan fingerprint density at radius 1 is 1.24 bits per heavy atom. The second-order valence-corrected chi connectivity index (χ2v) is 8.60. The molecule has 2 bridgehead atoms. The Bertz CT molecular complexity index is 761. The number of halogens is 4. The molecule has 1 amide bonds. The lowest BCUT2D eigenvalue weighted by Crippen LogP contribution is -2.48. The summed E-state index contributed by atoms with van der Waals surface area (Å²) in [4.78, 5) is 25.1. The van der Waals surface area contributed by atoms with E-state index in [1.54, 1.807) is 0 Å². The highest BCUT2D eigenvalue weighted by molar-refractivity contribution is 9.10. The van der Waals surface area contributed by atoms with Crippen LogP contribution < -0.4 is 5.32 Å². The standard InChI is InChI=1S/C18H19BrF3NO2/c1-15(2)16(3)7-8-17(15,12(19)13(16)24)14(25)23-11-6-4-5-10(9-11)18(20,21)22/h4-6,9,12H,7-8H2,1-3H3,(H,23,25)/t12-,16+,17-/m0/s1. The fraction of sp³-hybridized carbons (Fsp3) is 0.556. The maximum absolute atomic E-state index is 13.1. The molecule has 0 unspecified atom stereocenters. The number of rotatable bonds is 2. The van der Waals surface area contributed by atoms with E-state index in [-0.39, 0.29) is 11.5 Å². The molecule has 136 valence electrons. The highest BCUT2D eigenvalue weighted by atomic mass is 79.9. The van der Waals surface area contributed by atoms with Gasteiger partial charge in [-0.15, -0.1) is 0 Å². The number of alkyl halides is 4. The van der Waals surface area contributed by atoms with Crippen molar-refractivity contribution in [3.8, 4) is 0 Å². The van der Waals surface area contributed by atoms with Crippen LogP contribution in [0.4, 0.5) is 18.9 Å². The predicted molar refractivity (Wildman–Crippen MR) is 91.4 cm³/mol. The van der Waals surface area contributed by atoms with Gasteiger partial charge in [0.15, 0.2) is 5.78 Å². The number of amides is 1. The molecule has 25 heavy (non-hydrogen) atoms. The number of benzene rings is 1. The van der Waals surface area contributed by atoms with Crippen molar-refractivity contribution in [2.24, 2.45) is 16.2 Å². The number of carbonyl (C=O) groups excluding carboxylic acids is 2. The van der Waals surface area contributed by atoms with Crippen molar-refractivity contribution in [2.45, 2.75) is 44.6 Å². The van der Waals surface area contributed by atoms with Crippen LogP contribution in [0.3, 0.4) is 0 Å². The van der Waals surface area contributed by atoms with Gasteiger partial charge < -0.3 is 5.32 Å². The molecule has 7 heteroatoms.